The zero-order valence-corrected chi connectivity index (χ0v) is 11.8. The normalized spacial score (nSPS) is 10.7. The number of hydrogen-bond acceptors (Lipinski definition) is 5. The van der Waals surface area contributed by atoms with E-state index in [1.165, 1.54) is 11.3 Å². The van der Waals surface area contributed by atoms with Gasteiger partial charge >= 0.3 is 0 Å². The maximum Gasteiger partial charge on any atom is 0.226 e. The fourth-order valence-electron chi connectivity index (χ4n) is 1.35. The first-order chi connectivity index (χ1) is 8.63. The molecule has 4 nitrogen and oxygen atoms in total. The van der Waals surface area contributed by atoms with Gasteiger partial charge in [-0.3, -0.25) is 0 Å². The third-order valence-corrected chi connectivity index (χ3v) is 3.27. The van der Waals surface area contributed by atoms with Crippen LogP contribution in [0.4, 0.5) is 5.95 Å². The first-order valence-electron chi connectivity index (χ1n) is 5.61. The second-order valence-corrected chi connectivity index (χ2v) is 5.74. The van der Waals surface area contributed by atoms with Crippen LogP contribution in [0.3, 0.4) is 0 Å². The molecule has 0 spiro atoms. The molecule has 0 bridgehead atoms. The molecular weight excluding hydrogens is 270 g/mol. The monoisotopic (exact) mass is 283 g/mol. The molecule has 0 unspecified atom stereocenters. The Morgan fingerprint density at radius 3 is 2.89 bits per heavy atom. The average Bonchev–Trinajstić information content (AvgIpc) is 2.72. The maximum atomic E-state index is 5.86. The molecule has 2 aromatic heterocycles. The lowest BCUT2D eigenvalue weighted by Gasteiger charge is -2.09. The van der Waals surface area contributed by atoms with Gasteiger partial charge in [-0.1, -0.05) is 11.6 Å². The largest absolute Gasteiger partial charge is 0.475 e. The van der Waals surface area contributed by atoms with Crippen LogP contribution in [0.15, 0.2) is 24.4 Å². The summed E-state index contributed by atoms with van der Waals surface area (Å²) in [5.41, 5.74) is 0. The lowest BCUT2D eigenvalue weighted by molar-refractivity contribution is 0.232. The summed E-state index contributed by atoms with van der Waals surface area (Å²) < 4.78 is 6.28. The predicted octanol–water partition coefficient (Wildman–Crippen LogP) is 3.59. The van der Waals surface area contributed by atoms with Gasteiger partial charge in [0, 0.05) is 17.1 Å². The van der Waals surface area contributed by atoms with E-state index in [0.717, 1.165) is 9.21 Å². The summed E-state index contributed by atoms with van der Waals surface area (Å²) in [5.74, 6) is 1.13. The van der Waals surface area contributed by atoms with Crippen LogP contribution in [0.2, 0.25) is 4.34 Å². The molecule has 0 aliphatic carbocycles. The molecule has 0 aliphatic rings. The van der Waals surface area contributed by atoms with Gasteiger partial charge < -0.3 is 10.1 Å². The summed E-state index contributed by atoms with van der Waals surface area (Å²) in [5, 5.41) is 3.14. The molecule has 0 saturated heterocycles. The molecule has 2 heterocycles. The van der Waals surface area contributed by atoms with Crippen molar-refractivity contribution in [1.82, 2.24) is 9.97 Å². The topological polar surface area (TPSA) is 47.0 Å². The van der Waals surface area contributed by atoms with Gasteiger partial charge in [0.05, 0.1) is 17.0 Å². The van der Waals surface area contributed by atoms with Gasteiger partial charge in [-0.2, -0.15) is 4.98 Å². The highest BCUT2D eigenvalue weighted by Gasteiger charge is 2.03. The van der Waals surface area contributed by atoms with Gasteiger partial charge in [-0.25, -0.2) is 4.98 Å². The van der Waals surface area contributed by atoms with Crippen LogP contribution >= 0.6 is 22.9 Å². The Kier molecular flexibility index (Phi) is 4.38. The molecule has 2 aromatic rings. The van der Waals surface area contributed by atoms with Gasteiger partial charge in [-0.05, 0) is 26.0 Å². The number of halogens is 1. The summed E-state index contributed by atoms with van der Waals surface area (Å²) in [7, 11) is 0. The van der Waals surface area contributed by atoms with Gasteiger partial charge in [0.25, 0.3) is 0 Å². The van der Waals surface area contributed by atoms with Crippen molar-refractivity contribution in [2.75, 3.05) is 5.32 Å². The Labute approximate surface area is 115 Å². The molecule has 96 valence electrons. The van der Waals surface area contributed by atoms with E-state index in [0.29, 0.717) is 18.4 Å². The highest BCUT2D eigenvalue weighted by Crippen LogP contribution is 2.22. The lowest BCUT2D eigenvalue weighted by atomic mass is 10.4. The number of ether oxygens (including phenoxy) is 1. The first-order valence-corrected chi connectivity index (χ1v) is 6.81. The number of nitrogens with zero attached hydrogens (tertiary/aromatic N) is 2. The van der Waals surface area contributed by atoms with E-state index in [2.05, 4.69) is 15.3 Å². The van der Waals surface area contributed by atoms with Gasteiger partial charge in [-0.15, -0.1) is 11.3 Å². The van der Waals surface area contributed by atoms with Crippen LogP contribution in [0.5, 0.6) is 5.88 Å². The molecular formula is C12H14ClN3OS. The standard InChI is InChI=1S/C12H14ClN3OS/c1-8(2)17-11-5-6-14-12(16-11)15-7-9-3-4-10(13)18-9/h3-6,8H,7H2,1-2H3,(H,14,15,16). The molecule has 0 aliphatic heterocycles. The SMILES string of the molecule is CC(C)Oc1ccnc(NCc2ccc(Cl)s2)n1. The van der Waals surface area contributed by atoms with Crippen molar-refractivity contribution < 1.29 is 4.74 Å². The Morgan fingerprint density at radius 2 is 2.22 bits per heavy atom. The van der Waals surface area contributed by atoms with Crippen LogP contribution in [0.25, 0.3) is 0 Å². The second-order valence-electron chi connectivity index (χ2n) is 3.94. The molecule has 0 amide bonds. The molecule has 6 heteroatoms. The highest BCUT2D eigenvalue weighted by atomic mass is 35.5. The average molecular weight is 284 g/mol. The van der Waals surface area contributed by atoms with Crippen LogP contribution in [-0.2, 0) is 6.54 Å². The van der Waals surface area contributed by atoms with Crippen LogP contribution in [0, 0.1) is 0 Å². The van der Waals surface area contributed by atoms with Crippen LogP contribution < -0.4 is 10.1 Å². The molecule has 0 fully saturated rings. The van der Waals surface area contributed by atoms with E-state index < -0.39 is 0 Å². The zero-order chi connectivity index (χ0) is 13.0. The molecule has 0 saturated carbocycles. The number of hydrogen-bond donors (Lipinski definition) is 1. The van der Waals surface area contributed by atoms with Crippen molar-refractivity contribution >= 4 is 28.9 Å². The zero-order valence-electron chi connectivity index (χ0n) is 10.2. The van der Waals surface area contributed by atoms with E-state index in [-0.39, 0.29) is 6.10 Å². The molecule has 2 rings (SSSR count). The van der Waals surface area contributed by atoms with Crippen molar-refractivity contribution in [2.24, 2.45) is 0 Å². The van der Waals surface area contributed by atoms with Gasteiger partial charge in [0.2, 0.25) is 11.8 Å². The van der Waals surface area contributed by atoms with Crippen molar-refractivity contribution in [1.29, 1.82) is 0 Å². The van der Waals surface area contributed by atoms with Crippen molar-refractivity contribution in [3.63, 3.8) is 0 Å². The number of thiophene rings is 1. The Hall–Kier alpha value is -1.33. The summed E-state index contributed by atoms with van der Waals surface area (Å²) in [6, 6.07) is 5.60. The summed E-state index contributed by atoms with van der Waals surface area (Å²) in [4.78, 5) is 9.54. The van der Waals surface area contributed by atoms with E-state index in [9.17, 15) is 0 Å². The summed E-state index contributed by atoms with van der Waals surface area (Å²) >= 11 is 7.40. The number of aromatic nitrogens is 2. The lowest BCUT2D eigenvalue weighted by Crippen LogP contribution is -2.09. The third-order valence-electron chi connectivity index (χ3n) is 2.04. The Balaban J connectivity index is 1.96. The summed E-state index contributed by atoms with van der Waals surface area (Å²) in [6.07, 6.45) is 1.78. The van der Waals surface area contributed by atoms with Crippen molar-refractivity contribution in [3.05, 3.63) is 33.6 Å². The highest BCUT2D eigenvalue weighted by molar-refractivity contribution is 7.16. The minimum atomic E-state index is 0.101. The van der Waals surface area contributed by atoms with Gasteiger partial charge in [0.15, 0.2) is 0 Å². The van der Waals surface area contributed by atoms with E-state index in [4.69, 9.17) is 16.3 Å². The van der Waals surface area contributed by atoms with Gasteiger partial charge in [0.1, 0.15) is 0 Å². The predicted molar refractivity (Wildman–Crippen MR) is 74.5 cm³/mol. The molecule has 18 heavy (non-hydrogen) atoms. The van der Waals surface area contributed by atoms with Crippen molar-refractivity contribution in [3.8, 4) is 5.88 Å². The summed E-state index contributed by atoms with van der Waals surface area (Å²) in [6.45, 7) is 4.58. The van der Waals surface area contributed by atoms with Crippen LogP contribution in [-0.4, -0.2) is 16.1 Å². The van der Waals surface area contributed by atoms with E-state index in [1.54, 1.807) is 12.3 Å². The van der Waals surface area contributed by atoms with Crippen molar-refractivity contribution in [2.45, 2.75) is 26.5 Å². The fraction of sp³-hybridized carbons (Fsp3) is 0.333. The smallest absolute Gasteiger partial charge is 0.226 e. The maximum absolute atomic E-state index is 5.86. The molecule has 0 aromatic carbocycles. The number of anilines is 1. The van der Waals surface area contributed by atoms with E-state index >= 15 is 0 Å². The first kappa shape index (κ1) is 13.1. The number of rotatable bonds is 5. The number of nitrogens with one attached hydrogen (secondary N) is 1. The molecule has 0 radical (unpaired) electrons. The minimum Gasteiger partial charge on any atom is -0.475 e. The van der Waals surface area contributed by atoms with Crippen LogP contribution in [0.1, 0.15) is 18.7 Å². The Bertz CT molecular complexity index is 516. The third kappa shape index (κ3) is 3.85. The molecule has 0 atom stereocenters. The quantitative estimate of drug-likeness (QED) is 0.911. The molecule has 1 N–H and O–H groups in total. The second kappa shape index (κ2) is 6.02. The Morgan fingerprint density at radius 1 is 1.39 bits per heavy atom. The fourth-order valence-corrected chi connectivity index (χ4v) is 2.37. The van der Waals surface area contributed by atoms with E-state index in [1.807, 2.05) is 26.0 Å². The minimum absolute atomic E-state index is 0.101.